The number of carbonyl (C=O) groups excluding carboxylic acids is 1. The Labute approximate surface area is 117 Å². The number of amides is 1. The minimum absolute atomic E-state index is 0.0268. The lowest BCUT2D eigenvalue weighted by atomic mass is 10.3. The molecule has 1 amide bonds. The lowest BCUT2D eigenvalue weighted by molar-refractivity contribution is 0.0942. The summed E-state index contributed by atoms with van der Waals surface area (Å²) in [5.41, 5.74) is 0. The van der Waals surface area contributed by atoms with Crippen molar-refractivity contribution in [3.63, 3.8) is 0 Å². The van der Waals surface area contributed by atoms with Crippen molar-refractivity contribution in [2.24, 2.45) is 0 Å². The number of aromatic nitrogens is 2. The molecule has 0 aromatic carbocycles. The van der Waals surface area contributed by atoms with Crippen molar-refractivity contribution in [2.75, 3.05) is 5.75 Å². The lowest BCUT2D eigenvalue weighted by Crippen LogP contribution is -2.29. The van der Waals surface area contributed by atoms with Gasteiger partial charge in [-0.15, -0.1) is 10.2 Å². The maximum atomic E-state index is 11.9. The highest BCUT2D eigenvalue weighted by molar-refractivity contribution is 7.93. The molecular weight excluding hydrogens is 286 g/mol. The molecule has 1 N–H and O–H groups in total. The fraction of sp³-hybridized carbons (Fsp3) is 0.727. The molecule has 1 heterocycles. The highest BCUT2D eigenvalue weighted by Gasteiger charge is 2.22. The molecule has 0 saturated carbocycles. The van der Waals surface area contributed by atoms with E-state index in [1.165, 1.54) is 0 Å². The summed E-state index contributed by atoms with van der Waals surface area (Å²) in [7, 11) is -3.41. The van der Waals surface area contributed by atoms with Gasteiger partial charge in [-0.2, -0.15) is 0 Å². The molecule has 1 aromatic rings. The van der Waals surface area contributed by atoms with E-state index >= 15 is 0 Å². The van der Waals surface area contributed by atoms with E-state index in [1.807, 2.05) is 20.8 Å². The first kappa shape index (κ1) is 16.0. The van der Waals surface area contributed by atoms with E-state index in [0.29, 0.717) is 6.42 Å². The van der Waals surface area contributed by atoms with Gasteiger partial charge < -0.3 is 5.32 Å². The van der Waals surface area contributed by atoms with Crippen molar-refractivity contribution in [3.05, 3.63) is 5.01 Å². The first-order chi connectivity index (χ1) is 8.86. The zero-order valence-electron chi connectivity index (χ0n) is 11.3. The maximum absolute atomic E-state index is 11.9. The first-order valence-corrected chi connectivity index (χ1v) is 8.70. The number of rotatable bonds is 7. The van der Waals surface area contributed by atoms with Crippen LogP contribution in [-0.4, -0.2) is 36.3 Å². The van der Waals surface area contributed by atoms with E-state index < -0.39 is 9.84 Å². The summed E-state index contributed by atoms with van der Waals surface area (Å²) in [5.74, 6) is -0.330. The second kappa shape index (κ2) is 6.95. The predicted octanol–water partition coefficient (Wildman–Crippen LogP) is 1.64. The van der Waals surface area contributed by atoms with Gasteiger partial charge in [0, 0.05) is 6.04 Å². The van der Waals surface area contributed by atoms with E-state index in [-0.39, 0.29) is 27.0 Å². The third-order valence-electron chi connectivity index (χ3n) is 2.30. The van der Waals surface area contributed by atoms with Gasteiger partial charge >= 0.3 is 0 Å². The Bertz CT molecular complexity index is 523. The van der Waals surface area contributed by atoms with Gasteiger partial charge in [-0.25, -0.2) is 8.42 Å². The molecule has 0 atom stereocenters. The van der Waals surface area contributed by atoms with E-state index in [1.54, 1.807) is 0 Å². The van der Waals surface area contributed by atoms with E-state index in [0.717, 1.165) is 24.2 Å². The quantitative estimate of drug-likeness (QED) is 0.774. The summed E-state index contributed by atoms with van der Waals surface area (Å²) in [4.78, 5) is 11.7. The van der Waals surface area contributed by atoms with Crippen molar-refractivity contribution in [1.29, 1.82) is 0 Å². The molecule has 19 heavy (non-hydrogen) atoms. The van der Waals surface area contributed by atoms with Gasteiger partial charge in [0.15, 0.2) is 0 Å². The monoisotopic (exact) mass is 305 g/mol. The van der Waals surface area contributed by atoms with Crippen LogP contribution in [0.15, 0.2) is 4.34 Å². The topological polar surface area (TPSA) is 89.0 Å². The molecule has 0 aliphatic rings. The highest BCUT2D eigenvalue weighted by Crippen LogP contribution is 2.18. The van der Waals surface area contributed by atoms with Crippen LogP contribution in [0, 0.1) is 0 Å². The molecule has 0 unspecified atom stereocenters. The smallest absolute Gasteiger partial charge is 0.282 e. The minimum atomic E-state index is -3.41. The van der Waals surface area contributed by atoms with Crippen molar-refractivity contribution < 1.29 is 13.2 Å². The molecule has 108 valence electrons. The SMILES string of the molecule is CCCCCS(=O)(=O)c1nnc(C(=O)NC(C)C)s1. The van der Waals surface area contributed by atoms with Gasteiger partial charge in [0.1, 0.15) is 0 Å². The maximum Gasteiger partial charge on any atom is 0.282 e. The van der Waals surface area contributed by atoms with Crippen molar-refractivity contribution in [2.45, 2.75) is 50.4 Å². The summed E-state index contributed by atoms with van der Waals surface area (Å²) in [6.45, 7) is 5.65. The third-order valence-corrected chi connectivity index (χ3v) is 5.47. The van der Waals surface area contributed by atoms with Crippen molar-refractivity contribution in [1.82, 2.24) is 15.5 Å². The second-order valence-electron chi connectivity index (χ2n) is 4.53. The van der Waals surface area contributed by atoms with Crippen LogP contribution in [0.2, 0.25) is 0 Å². The highest BCUT2D eigenvalue weighted by atomic mass is 32.2. The Morgan fingerprint density at radius 3 is 2.58 bits per heavy atom. The summed E-state index contributed by atoms with van der Waals surface area (Å²) >= 11 is 0.826. The van der Waals surface area contributed by atoms with Crippen LogP contribution in [0.1, 0.15) is 49.8 Å². The number of nitrogens with zero attached hydrogens (tertiary/aromatic N) is 2. The van der Waals surface area contributed by atoms with Crippen molar-refractivity contribution >= 4 is 27.1 Å². The summed E-state index contributed by atoms with van der Waals surface area (Å²) in [6.07, 6.45) is 2.42. The third kappa shape index (κ3) is 4.87. The van der Waals surface area contributed by atoms with Gasteiger partial charge in [0.2, 0.25) is 19.2 Å². The molecule has 0 fully saturated rings. The van der Waals surface area contributed by atoms with Crippen LogP contribution in [0.5, 0.6) is 0 Å². The zero-order chi connectivity index (χ0) is 14.5. The van der Waals surface area contributed by atoms with E-state index in [9.17, 15) is 13.2 Å². The standard InChI is InChI=1S/C11H19N3O3S2/c1-4-5-6-7-19(16,17)11-14-13-10(18-11)9(15)12-8(2)3/h8H,4-7H2,1-3H3,(H,12,15). The van der Waals surface area contributed by atoms with Crippen LogP contribution >= 0.6 is 11.3 Å². The molecule has 0 aliphatic carbocycles. The largest absolute Gasteiger partial charge is 0.348 e. The van der Waals surface area contributed by atoms with E-state index in [2.05, 4.69) is 15.5 Å². The van der Waals surface area contributed by atoms with E-state index in [4.69, 9.17) is 0 Å². The predicted molar refractivity (Wildman–Crippen MR) is 74.1 cm³/mol. The Kier molecular flexibility index (Phi) is 5.86. The van der Waals surface area contributed by atoms with Crippen LogP contribution in [-0.2, 0) is 9.84 Å². The van der Waals surface area contributed by atoms with Crippen LogP contribution < -0.4 is 5.32 Å². The zero-order valence-corrected chi connectivity index (χ0v) is 13.0. The van der Waals surface area contributed by atoms with Gasteiger partial charge in [-0.1, -0.05) is 31.1 Å². The second-order valence-corrected chi connectivity index (χ2v) is 7.79. The summed E-state index contributed by atoms with van der Waals surface area (Å²) in [5, 5.41) is 9.99. The molecule has 1 rings (SSSR count). The molecule has 1 aromatic heterocycles. The summed E-state index contributed by atoms with van der Waals surface area (Å²) in [6, 6.07) is -0.0268. The average Bonchev–Trinajstić information content (AvgIpc) is 2.78. The normalized spacial score (nSPS) is 11.8. The molecular formula is C11H19N3O3S2. The Hall–Kier alpha value is -1.02. The van der Waals surface area contributed by atoms with Crippen LogP contribution in [0.4, 0.5) is 0 Å². The summed E-state index contributed by atoms with van der Waals surface area (Å²) < 4.78 is 23.8. The molecule has 0 saturated heterocycles. The average molecular weight is 305 g/mol. The lowest BCUT2D eigenvalue weighted by Gasteiger charge is -2.04. The fourth-order valence-electron chi connectivity index (χ4n) is 1.38. The molecule has 0 bridgehead atoms. The number of carbonyl (C=O) groups is 1. The number of sulfone groups is 1. The van der Waals surface area contributed by atoms with Gasteiger partial charge in [-0.05, 0) is 20.3 Å². The number of unbranched alkanes of at least 4 members (excludes halogenated alkanes) is 2. The molecule has 6 nitrogen and oxygen atoms in total. The fourth-order valence-corrected chi connectivity index (χ4v) is 3.78. The Morgan fingerprint density at radius 2 is 2.00 bits per heavy atom. The molecule has 0 aliphatic heterocycles. The van der Waals surface area contributed by atoms with Crippen LogP contribution in [0.25, 0.3) is 0 Å². The van der Waals surface area contributed by atoms with Gasteiger partial charge in [-0.3, -0.25) is 4.79 Å². The Morgan fingerprint density at radius 1 is 1.32 bits per heavy atom. The van der Waals surface area contributed by atoms with Gasteiger partial charge in [0.05, 0.1) is 5.75 Å². The van der Waals surface area contributed by atoms with Gasteiger partial charge in [0.25, 0.3) is 5.91 Å². The number of hydrogen-bond donors (Lipinski definition) is 1. The molecule has 0 radical (unpaired) electrons. The first-order valence-electron chi connectivity index (χ1n) is 6.24. The number of nitrogens with one attached hydrogen (secondary N) is 1. The van der Waals surface area contributed by atoms with Crippen molar-refractivity contribution in [3.8, 4) is 0 Å². The van der Waals surface area contributed by atoms with Crippen LogP contribution in [0.3, 0.4) is 0 Å². The minimum Gasteiger partial charge on any atom is -0.348 e. The Balaban J connectivity index is 2.76. The molecule has 8 heteroatoms. The molecule has 0 spiro atoms. The number of hydrogen-bond acceptors (Lipinski definition) is 6.